The van der Waals surface area contributed by atoms with E-state index in [9.17, 15) is 0 Å². The van der Waals surface area contributed by atoms with Crippen LogP contribution in [0.25, 0.3) is 49.6 Å². The molecule has 0 radical (unpaired) electrons. The van der Waals surface area contributed by atoms with Crippen molar-refractivity contribution in [1.82, 2.24) is 14.5 Å². The number of rotatable bonds is 3. The summed E-state index contributed by atoms with van der Waals surface area (Å²) < 4.78 is 2.26. The maximum atomic E-state index is 5.01. The van der Waals surface area contributed by atoms with Gasteiger partial charge in [-0.2, -0.15) is 0 Å². The summed E-state index contributed by atoms with van der Waals surface area (Å²) in [5, 5.41) is 4.65. The predicted molar refractivity (Wildman–Crippen MR) is 125 cm³/mol. The average molecular weight is 404 g/mol. The summed E-state index contributed by atoms with van der Waals surface area (Å²) in [6.45, 7) is 0. The van der Waals surface area contributed by atoms with E-state index in [1.54, 1.807) is 11.3 Å². The molecule has 0 saturated carbocycles. The highest BCUT2D eigenvalue weighted by atomic mass is 32.1. The van der Waals surface area contributed by atoms with E-state index in [0.717, 1.165) is 34.0 Å². The molecule has 0 N–H and O–H groups in total. The minimum absolute atomic E-state index is 0.731. The summed E-state index contributed by atoms with van der Waals surface area (Å²) in [6.07, 6.45) is 0. The molecule has 3 aromatic heterocycles. The molecular formula is C26H17N3S. The van der Waals surface area contributed by atoms with Crippen molar-refractivity contribution >= 4 is 32.5 Å². The molecule has 0 atom stereocenters. The van der Waals surface area contributed by atoms with E-state index in [-0.39, 0.29) is 0 Å². The lowest BCUT2D eigenvalue weighted by atomic mass is 10.1. The van der Waals surface area contributed by atoms with Gasteiger partial charge in [0.15, 0.2) is 5.82 Å². The molecule has 0 saturated heterocycles. The van der Waals surface area contributed by atoms with E-state index >= 15 is 0 Å². The molecule has 3 nitrogen and oxygen atoms in total. The molecule has 0 unspecified atom stereocenters. The smallest absolute Gasteiger partial charge is 0.162 e. The van der Waals surface area contributed by atoms with Gasteiger partial charge in [-0.3, -0.25) is 4.57 Å². The second-order valence-electron chi connectivity index (χ2n) is 7.16. The first kappa shape index (κ1) is 17.1. The maximum absolute atomic E-state index is 5.01. The minimum atomic E-state index is 0.731. The van der Waals surface area contributed by atoms with Crippen molar-refractivity contribution in [1.29, 1.82) is 0 Å². The lowest BCUT2D eigenvalue weighted by Crippen LogP contribution is -2.01. The zero-order valence-electron chi connectivity index (χ0n) is 16.1. The molecular weight excluding hydrogens is 386 g/mol. The largest absolute Gasteiger partial charge is 0.285 e. The third kappa shape index (κ3) is 2.73. The van der Waals surface area contributed by atoms with Gasteiger partial charge < -0.3 is 0 Å². The molecule has 4 heteroatoms. The van der Waals surface area contributed by atoms with Crippen LogP contribution in [0.5, 0.6) is 0 Å². The number of aromatic nitrogens is 3. The van der Waals surface area contributed by atoms with Crippen molar-refractivity contribution in [3.8, 4) is 28.5 Å². The fourth-order valence-electron chi connectivity index (χ4n) is 3.93. The Bertz CT molecular complexity index is 1420. The molecule has 0 spiro atoms. The number of thiophene rings is 1. The Morgan fingerprint density at radius 1 is 0.633 bits per heavy atom. The Morgan fingerprint density at radius 3 is 2.13 bits per heavy atom. The molecule has 0 amide bonds. The van der Waals surface area contributed by atoms with Crippen LogP contribution in [0, 0.1) is 0 Å². The van der Waals surface area contributed by atoms with E-state index in [0.29, 0.717) is 0 Å². The quantitative estimate of drug-likeness (QED) is 0.319. The van der Waals surface area contributed by atoms with Crippen molar-refractivity contribution < 1.29 is 0 Å². The van der Waals surface area contributed by atoms with Crippen LogP contribution >= 0.6 is 11.3 Å². The molecule has 3 aromatic carbocycles. The Morgan fingerprint density at radius 2 is 1.33 bits per heavy atom. The second-order valence-corrected chi connectivity index (χ2v) is 8.05. The van der Waals surface area contributed by atoms with Crippen molar-refractivity contribution in [3.63, 3.8) is 0 Å². The van der Waals surface area contributed by atoms with Gasteiger partial charge in [-0.15, -0.1) is 11.3 Å². The summed E-state index contributed by atoms with van der Waals surface area (Å²) in [4.78, 5) is 11.1. The third-order valence-corrected chi connectivity index (χ3v) is 6.22. The highest BCUT2D eigenvalue weighted by molar-refractivity contribution is 7.17. The highest BCUT2D eigenvalue weighted by Gasteiger charge is 2.16. The minimum Gasteiger partial charge on any atom is -0.285 e. The van der Waals surface area contributed by atoms with Gasteiger partial charge >= 0.3 is 0 Å². The van der Waals surface area contributed by atoms with Crippen molar-refractivity contribution in [2.75, 3.05) is 0 Å². The van der Waals surface area contributed by atoms with Crippen molar-refractivity contribution in [2.24, 2.45) is 0 Å². The van der Waals surface area contributed by atoms with Gasteiger partial charge in [-0.05, 0) is 17.5 Å². The van der Waals surface area contributed by atoms with Gasteiger partial charge in [-0.1, -0.05) is 78.9 Å². The van der Waals surface area contributed by atoms with Crippen LogP contribution in [0.2, 0.25) is 0 Å². The van der Waals surface area contributed by atoms with Gasteiger partial charge in [0.1, 0.15) is 10.6 Å². The number of fused-ring (bicyclic) bond motifs is 3. The van der Waals surface area contributed by atoms with E-state index in [4.69, 9.17) is 9.97 Å². The normalized spacial score (nSPS) is 11.3. The molecule has 30 heavy (non-hydrogen) atoms. The molecule has 0 bridgehead atoms. The average Bonchev–Trinajstić information content (AvgIpc) is 3.41. The molecule has 0 fully saturated rings. The predicted octanol–water partition coefficient (Wildman–Crippen LogP) is 6.97. The zero-order chi connectivity index (χ0) is 19.9. The standard InChI is InChI=1S/C26H17N3S/c1-3-9-18(10-4-1)22-17-24(28-25(27-22)19-11-5-2-6-12-19)29-23-14-8-7-13-20(23)21-15-16-30-26(21)29/h1-17H. The topological polar surface area (TPSA) is 30.7 Å². The molecule has 0 aliphatic rings. The Kier molecular flexibility index (Phi) is 3.96. The molecule has 142 valence electrons. The van der Waals surface area contributed by atoms with Gasteiger partial charge in [0.2, 0.25) is 0 Å². The molecule has 6 rings (SSSR count). The number of para-hydroxylation sites is 1. The summed E-state index contributed by atoms with van der Waals surface area (Å²) >= 11 is 1.74. The van der Waals surface area contributed by atoms with Crippen LogP contribution < -0.4 is 0 Å². The fourth-order valence-corrected chi connectivity index (χ4v) is 4.87. The molecule has 6 aromatic rings. The lowest BCUT2D eigenvalue weighted by Gasteiger charge is -2.11. The zero-order valence-corrected chi connectivity index (χ0v) is 16.9. The van der Waals surface area contributed by atoms with Gasteiger partial charge in [0.05, 0.1) is 11.2 Å². The first-order chi connectivity index (χ1) is 14.9. The first-order valence-electron chi connectivity index (χ1n) is 9.85. The molecule has 3 heterocycles. The molecule has 0 aliphatic carbocycles. The van der Waals surface area contributed by atoms with E-state index in [1.807, 2.05) is 36.4 Å². The van der Waals surface area contributed by atoms with Gasteiger partial charge in [0.25, 0.3) is 0 Å². The number of hydrogen-bond acceptors (Lipinski definition) is 3. The Hall–Kier alpha value is -3.76. The SMILES string of the molecule is c1ccc(-c2cc(-n3c4ccccc4c4ccsc43)nc(-c3ccccc3)n2)cc1. The number of hydrogen-bond donors (Lipinski definition) is 0. The Labute approximate surface area is 177 Å². The van der Waals surface area contributed by atoms with Gasteiger partial charge in [-0.25, -0.2) is 9.97 Å². The Balaban J connectivity index is 1.68. The third-order valence-electron chi connectivity index (χ3n) is 5.33. The first-order valence-corrected chi connectivity index (χ1v) is 10.7. The van der Waals surface area contributed by atoms with Crippen LogP contribution in [0.1, 0.15) is 0 Å². The number of nitrogens with zero attached hydrogens (tertiary/aromatic N) is 3. The summed E-state index contributed by atoms with van der Waals surface area (Å²) in [7, 11) is 0. The van der Waals surface area contributed by atoms with Crippen LogP contribution in [0.15, 0.2) is 102 Å². The van der Waals surface area contributed by atoms with Gasteiger partial charge in [0, 0.05) is 28.0 Å². The van der Waals surface area contributed by atoms with Crippen LogP contribution in [0.3, 0.4) is 0 Å². The summed E-state index contributed by atoms with van der Waals surface area (Å²) in [5.74, 6) is 1.62. The maximum Gasteiger partial charge on any atom is 0.162 e. The molecule has 0 aliphatic heterocycles. The van der Waals surface area contributed by atoms with Crippen molar-refractivity contribution in [3.05, 3.63) is 102 Å². The van der Waals surface area contributed by atoms with Crippen LogP contribution in [-0.2, 0) is 0 Å². The number of benzene rings is 3. The second kappa shape index (κ2) is 6.94. The monoisotopic (exact) mass is 403 g/mol. The fraction of sp³-hybridized carbons (Fsp3) is 0. The van der Waals surface area contributed by atoms with E-state index < -0.39 is 0 Å². The van der Waals surface area contributed by atoms with Crippen molar-refractivity contribution in [2.45, 2.75) is 0 Å². The van der Waals surface area contributed by atoms with E-state index in [1.165, 1.54) is 15.6 Å². The lowest BCUT2D eigenvalue weighted by molar-refractivity contribution is 1.05. The van der Waals surface area contributed by atoms with E-state index in [2.05, 4.69) is 70.6 Å². The highest BCUT2D eigenvalue weighted by Crippen LogP contribution is 2.35. The van der Waals surface area contributed by atoms with Crippen LogP contribution in [-0.4, -0.2) is 14.5 Å². The van der Waals surface area contributed by atoms with Crippen LogP contribution in [0.4, 0.5) is 0 Å². The summed E-state index contributed by atoms with van der Waals surface area (Å²) in [5.41, 5.74) is 4.17. The summed E-state index contributed by atoms with van der Waals surface area (Å²) in [6, 6.07) is 33.3.